The van der Waals surface area contributed by atoms with Crippen LogP contribution in [0.15, 0.2) is 18.2 Å². The van der Waals surface area contributed by atoms with Gasteiger partial charge in [-0.2, -0.15) is 5.10 Å². The molecular weight excluding hydrogens is 358 g/mol. The zero-order chi connectivity index (χ0) is 20.8. The molecule has 1 aromatic carbocycles. The van der Waals surface area contributed by atoms with Crippen molar-refractivity contribution in [3.63, 3.8) is 0 Å². The highest BCUT2D eigenvalue weighted by Crippen LogP contribution is 2.19. The van der Waals surface area contributed by atoms with Gasteiger partial charge in [-0.3, -0.25) is 9.48 Å². The number of benzene rings is 1. The second-order valence-corrected chi connectivity index (χ2v) is 7.43. The van der Waals surface area contributed by atoms with E-state index in [-0.39, 0.29) is 18.1 Å². The molecule has 0 fully saturated rings. The van der Waals surface area contributed by atoms with Crippen LogP contribution in [-0.4, -0.2) is 33.9 Å². The molecule has 28 heavy (non-hydrogen) atoms. The van der Waals surface area contributed by atoms with Crippen molar-refractivity contribution in [1.29, 1.82) is 0 Å². The molecular formula is C21H29N3O4. The first kappa shape index (κ1) is 21.6. The first-order valence-corrected chi connectivity index (χ1v) is 9.40. The SMILES string of the molecule is COCc1cc(NC(=O)CCc2c(C)nn(CC(C)C)c2C)cc(C(=O)O)c1. The first-order chi connectivity index (χ1) is 13.2. The van der Waals surface area contributed by atoms with Crippen molar-refractivity contribution in [2.45, 2.75) is 53.7 Å². The Balaban J connectivity index is 2.07. The van der Waals surface area contributed by atoms with Crippen LogP contribution in [-0.2, 0) is 29.1 Å². The van der Waals surface area contributed by atoms with Crippen molar-refractivity contribution in [3.8, 4) is 0 Å². The molecule has 0 bridgehead atoms. The summed E-state index contributed by atoms with van der Waals surface area (Å²) in [6, 6.07) is 4.72. The molecule has 0 radical (unpaired) electrons. The second-order valence-electron chi connectivity index (χ2n) is 7.43. The number of carboxylic acid groups (broad SMARTS) is 1. The Hall–Kier alpha value is -2.67. The summed E-state index contributed by atoms with van der Waals surface area (Å²) in [7, 11) is 1.54. The van der Waals surface area contributed by atoms with Gasteiger partial charge in [-0.05, 0) is 55.5 Å². The van der Waals surface area contributed by atoms with Gasteiger partial charge in [0.15, 0.2) is 0 Å². The zero-order valence-electron chi connectivity index (χ0n) is 17.2. The lowest BCUT2D eigenvalue weighted by molar-refractivity contribution is -0.116. The molecule has 1 aromatic heterocycles. The minimum atomic E-state index is -1.04. The number of nitrogens with one attached hydrogen (secondary N) is 1. The normalized spacial score (nSPS) is 11.1. The summed E-state index contributed by atoms with van der Waals surface area (Å²) in [4.78, 5) is 23.7. The molecule has 0 aliphatic rings. The number of methoxy groups -OCH3 is 1. The number of rotatable bonds is 9. The Morgan fingerprint density at radius 1 is 1.25 bits per heavy atom. The van der Waals surface area contributed by atoms with E-state index in [1.807, 2.05) is 18.5 Å². The van der Waals surface area contributed by atoms with Crippen LogP contribution in [0.3, 0.4) is 0 Å². The largest absolute Gasteiger partial charge is 0.478 e. The monoisotopic (exact) mass is 387 g/mol. The van der Waals surface area contributed by atoms with Crippen LogP contribution in [0.5, 0.6) is 0 Å². The van der Waals surface area contributed by atoms with E-state index in [2.05, 4.69) is 24.3 Å². The first-order valence-electron chi connectivity index (χ1n) is 9.40. The number of hydrogen-bond donors (Lipinski definition) is 2. The maximum absolute atomic E-state index is 12.4. The van der Waals surface area contributed by atoms with E-state index in [0.29, 0.717) is 30.0 Å². The van der Waals surface area contributed by atoms with Gasteiger partial charge in [-0.25, -0.2) is 4.79 Å². The number of amides is 1. The summed E-state index contributed by atoms with van der Waals surface area (Å²) >= 11 is 0. The van der Waals surface area contributed by atoms with Crippen LogP contribution in [0, 0.1) is 19.8 Å². The topological polar surface area (TPSA) is 93.5 Å². The summed E-state index contributed by atoms with van der Waals surface area (Å²) in [5, 5.41) is 16.6. The standard InChI is InChI=1S/C21H29N3O4/c1-13(2)11-24-15(4)19(14(3)23-24)6-7-20(25)22-18-9-16(12-28-5)8-17(10-18)21(26)27/h8-10,13H,6-7,11-12H2,1-5H3,(H,22,25)(H,26,27). The number of nitrogens with zero attached hydrogens (tertiary/aromatic N) is 2. The molecule has 152 valence electrons. The number of ether oxygens (including phenoxy) is 1. The molecule has 2 rings (SSSR count). The summed E-state index contributed by atoms with van der Waals surface area (Å²) < 4.78 is 7.07. The molecule has 0 aliphatic heterocycles. The fraction of sp³-hybridized carbons (Fsp3) is 0.476. The van der Waals surface area contributed by atoms with Gasteiger partial charge in [0.05, 0.1) is 17.9 Å². The summed E-state index contributed by atoms with van der Waals surface area (Å²) in [6.07, 6.45) is 0.886. The lowest BCUT2D eigenvalue weighted by Crippen LogP contribution is -2.14. The van der Waals surface area contributed by atoms with Gasteiger partial charge in [0.1, 0.15) is 0 Å². The van der Waals surface area contributed by atoms with Crippen molar-refractivity contribution in [1.82, 2.24) is 9.78 Å². The average molecular weight is 387 g/mol. The Morgan fingerprint density at radius 2 is 1.96 bits per heavy atom. The van der Waals surface area contributed by atoms with Gasteiger partial charge in [0.2, 0.25) is 5.91 Å². The van der Waals surface area contributed by atoms with Crippen molar-refractivity contribution in [3.05, 3.63) is 46.3 Å². The number of aromatic carboxylic acids is 1. The third-order valence-corrected chi connectivity index (χ3v) is 4.51. The summed E-state index contributed by atoms with van der Waals surface area (Å²) in [5.74, 6) is -0.712. The molecule has 0 spiro atoms. The number of aryl methyl sites for hydroxylation is 1. The molecule has 2 N–H and O–H groups in total. The molecule has 7 heteroatoms. The summed E-state index contributed by atoms with van der Waals surface area (Å²) in [5.41, 5.74) is 4.40. The number of carboxylic acids is 1. The van der Waals surface area contributed by atoms with Gasteiger partial charge in [-0.15, -0.1) is 0 Å². The molecule has 0 unspecified atom stereocenters. The predicted molar refractivity (Wildman–Crippen MR) is 108 cm³/mol. The van der Waals surface area contributed by atoms with Gasteiger partial charge in [0, 0.05) is 31.5 Å². The maximum Gasteiger partial charge on any atom is 0.335 e. The number of carbonyl (C=O) groups is 2. The Bertz CT molecular complexity index is 856. The molecule has 0 saturated carbocycles. The van der Waals surface area contributed by atoms with Crippen LogP contribution in [0.2, 0.25) is 0 Å². The molecule has 0 saturated heterocycles. The highest BCUT2D eigenvalue weighted by atomic mass is 16.5. The quantitative estimate of drug-likeness (QED) is 0.686. The van der Waals surface area contributed by atoms with Crippen LogP contribution in [0.25, 0.3) is 0 Å². The minimum absolute atomic E-state index is 0.117. The van der Waals surface area contributed by atoms with E-state index < -0.39 is 5.97 Å². The van der Waals surface area contributed by atoms with Crippen LogP contribution in [0.4, 0.5) is 5.69 Å². The van der Waals surface area contributed by atoms with E-state index in [1.165, 1.54) is 19.2 Å². The number of carbonyl (C=O) groups excluding carboxylic acids is 1. The number of aromatic nitrogens is 2. The Labute approximate surface area is 165 Å². The maximum atomic E-state index is 12.4. The van der Waals surface area contributed by atoms with E-state index in [1.54, 1.807) is 6.07 Å². The highest BCUT2D eigenvalue weighted by Gasteiger charge is 2.15. The van der Waals surface area contributed by atoms with Crippen LogP contribution < -0.4 is 5.32 Å². The third kappa shape index (κ3) is 5.66. The molecule has 7 nitrogen and oxygen atoms in total. The third-order valence-electron chi connectivity index (χ3n) is 4.51. The molecule has 2 aromatic rings. The van der Waals surface area contributed by atoms with E-state index >= 15 is 0 Å². The van der Waals surface area contributed by atoms with Gasteiger partial charge < -0.3 is 15.2 Å². The molecule has 1 heterocycles. The molecule has 1 amide bonds. The van der Waals surface area contributed by atoms with E-state index in [4.69, 9.17) is 4.74 Å². The van der Waals surface area contributed by atoms with Gasteiger partial charge in [0.25, 0.3) is 0 Å². The van der Waals surface area contributed by atoms with Crippen molar-refractivity contribution < 1.29 is 19.4 Å². The van der Waals surface area contributed by atoms with Crippen molar-refractivity contribution in [2.24, 2.45) is 5.92 Å². The highest BCUT2D eigenvalue weighted by molar-refractivity contribution is 5.94. The second kappa shape index (κ2) is 9.50. The van der Waals surface area contributed by atoms with Crippen LogP contribution >= 0.6 is 0 Å². The lowest BCUT2D eigenvalue weighted by atomic mass is 10.1. The zero-order valence-corrected chi connectivity index (χ0v) is 17.2. The molecule has 0 aliphatic carbocycles. The Morgan fingerprint density at radius 3 is 2.57 bits per heavy atom. The predicted octanol–water partition coefficient (Wildman–Crippen LogP) is 3.57. The fourth-order valence-corrected chi connectivity index (χ4v) is 3.22. The fourth-order valence-electron chi connectivity index (χ4n) is 3.22. The summed E-state index contributed by atoms with van der Waals surface area (Å²) in [6.45, 7) is 9.41. The van der Waals surface area contributed by atoms with Gasteiger partial charge in [-0.1, -0.05) is 13.8 Å². The number of hydrogen-bond acceptors (Lipinski definition) is 4. The van der Waals surface area contributed by atoms with Crippen LogP contribution in [0.1, 0.15) is 53.1 Å². The smallest absolute Gasteiger partial charge is 0.335 e. The molecule has 0 atom stereocenters. The number of anilines is 1. The van der Waals surface area contributed by atoms with E-state index in [9.17, 15) is 14.7 Å². The van der Waals surface area contributed by atoms with E-state index in [0.717, 1.165) is 23.5 Å². The average Bonchev–Trinajstić information content (AvgIpc) is 2.86. The lowest BCUT2D eigenvalue weighted by Gasteiger charge is -2.10. The van der Waals surface area contributed by atoms with Crippen molar-refractivity contribution >= 4 is 17.6 Å². The van der Waals surface area contributed by atoms with Crippen molar-refractivity contribution in [2.75, 3.05) is 12.4 Å². The van der Waals surface area contributed by atoms with Gasteiger partial charge >= 0.3 is 5.97 Å². The minimum Gasteiger partial charge on any atom is -0.478 e. The Kier molecular flexibility index (Phi) is 7.34.